The molecule has 3 aromatic carbocycles. The highest BCUT2D eigenvalue weighted by atomic mass is 32.2. The quantitative estimate of drug-likeness (QED) is 0.475. The van der Waals surface area contributed by atoms with Crippen LogP contribution in [0.3, 0.4) is 0 Å². The molecule has 0 bridgehead atoms. The SMILES string of the molecule is COc1ccc(C(C#N)(Cc2cccc(C(=O)O)c2)Sc2ccc(C)cc2)cc1OC. The van der Waals surface area contributed by atoms with E-state index in [4.69, 9.17) is 9.47 Å². The van der Waals surface area contributed by atoms with Crippen LogP contribution in [0.25, 0.3) is 0 Å². The summed E-state index contributed by atoms with van der Waals surface area (Å²) in [5.74, 6) is 0.108. The van der Waals surface area contributed by atoms with E-state index in [9.17, 15) is 15.2 Å². The third-order valence-corrected chi connectivity index (χ3v) is 6.30. The van der Waals surface area contributed by atoms with Crippen LogP contribution in [0.5, 0.6) is 11.5 Å². The standard InChI is InChI=1S/C25H23NO4S/c1-17-7-10-21(11-8-17)31-25(16-26,15-18-5-4-6-19(13-18)24(27)28)20-9-12-22(29-2)23(14-20)30-3/h4-14H,15H2,1-3H3,(H,27,28). The van der Waals surface area contributed by atoms with Crippen LogP contribution in [0.15, 0.2) is 71.6 Å². The second kappa shape index (κ2) is 9.59. The summed E-state index contributed by atoms with van der Waals surface area (Å²) < 4.78 is 9.80. The van der Waals surface area contributed by atoms with Crippen molar-refractivity contribution in [2.45, 2.75) is 23.0 Å². The minimum Gasteiger partial charge on any atom is -0.493 e. The van der Waals surface area contributed by atoms with Crippen molar-refractivity contribution in [3.8, 4) is 17.6 Å². The number of ether oxygens (including phenoxy) is 2. The summed E-state index contributed by atoms with van der Waals surface area (Å²) >= 11 is 1.43. The van der Waals surface area contributed by atoms with Crippen molar-refractivity contribution in [2.75, 3.05) is 14.2 Å². The number of nitrogens with zero attached hydrogens (tertiary/aromatic N) is 1. The lowest BCUT2D eigenvalue weighted by Gasteiger charge is -2.28. The lowest BCUT2D eigenvalue weighted by molar-refractivity contribution is 0.0696. The molecular formula is C25H23NO4S. The maximum atomic E-state index is 11.4. The molecule has 0 spiro atoms. The normalized spacial score (nSPS) is 12.5. The van der Waals surface area contributed by atoms with Crippen molar-refractivity contribution < 1.29 is 19.4 Å². The first-order valence-corrected chi connectivity index (χ1v) is 10.4. The zero-order valence-electron chi connectivity index (χ0n) is 17.6. The molecule has 0 aliphatic heterocycles. The Bertz CT molecular complexity index is 1120. The Morgan fingerprint density at radius 3 is 2.35 bits per heavy atom. The van der Waals surface area contributed by atoms with Gasteiger partial charge in [0.1, 0.15) is 4.75 Å². The second-order valence-electron chi connectivity index (χ2n) is 7.11. The first kappa shape index (κ1) is 22.3. The average molecular weight is 434 g/mol. The number of aromatic carboxylic acids is 1. The molecule has 0 fully saturated rings. The highest BCUT2D eigenvalue weighted by Crippen LogP contribution is 2.46. The molecule has 31 heavy (non-hydrogen) atoms. The van der Waals surface area contributed by atoms with Gasteiger partial charge < -0.3 is 14.6 Å². The number of benzene rings is 3. The molecule has 0 radical (unpaired) electrons. The van der Waals surface area contributed by atoms with Crippen molar-refractivity contribution in [1.82, 2.24) is 0 Å². The van der Waals surface area contributed by atoms with E-state index in [1.54, 1.807) is 38.5 Å². The fourth-order valence-corrected chi connectivity index (χ4v) is 4.52. The van der Waals surface area contributed by atoms with E-state index in [1.807, 2.05) is 49.4 Å². The molecule has 5 nitrogen and oxygen atoms in total. The number of hydrogen-bond acceptors (Lipinski definition) is 5. The summed E-state index contributed by atoms with van der Waals surface area (Å²) in [7, 11) is 3.12. The molecule has 0 heterocycles. The van der Waals surface area contributed by atoms with Crippen LogP contribution in [0.2, 0.25) is 0 Å². The molecule has 0 aromatic heterocycles. The van der Waals surface area contributed by atoms with Gasteiger partial charge in [0.2, 0.25) is 0 Å². The van der Waals surface area contributed by atoms with Gasteiger partial charge in [0.05, 0.1) is 25.9 Å². The zero-order chi connectivity index (χ0) is 22.4. The van der Waals surface area contributed by atoms with Crippen molar-refractivity contribution >= 4 is 17.7 Å². The van der Waals surface area contributed by atoms with Crippen LogP contribution in [0.1, 0.15) is 27.0 Å². The van der Waals surface area contributed by atoms with Gasteiger partial charge in [0.25, 0.3) is 0 Å². The van der Waals surface area contributed by atoms with Crippen molar-refractivity contribution in [3.63, 3.8) is 0 Å². The average Bonchev–Trinajstić information content (AvgIpc) is 2.79. The van der Waals surface area contributed by atoms with Crippen LogP contribution in [0.4, 0.5) is 0 Å². The summed E-state index contributed by atoms with van der Waals surface area (Å²) in [5, 5.41) is 19.8. The minimum absolute atomic E-state index is 0.192. The lowest BCUT2D eigenvalue weighted by Crippen LogP contribution is -2.23. The van der Waals surface area contributed by atoms with Crippen LogP contribution < -0.4 is 9.47 Å². The monoisotopic (exact) mass is 433 g/mol. The van der Waals surface area contributed by atoms with Gasteiger partial charge in [0.15, 0.2) is 11.5 Å². The van der Waals surface area contributed by atoms with Crippen LogP contribution in [-0.4, -0.2) is 25.3 Å². The molecule has 1 unspecified atom stereocenters. The van der Waals surface area contributed by atoms with E-state index in [2.05, 4.69) is 6.07 Å². The summed E-state index contributed by atoms with van der Waals surface area (Å²) in [5.41, 5.74) is 2.83. The first-order chi connectivity index (χ1) is 14.9. The van der Waals surface area contributed by atoms with E-state index < -0.39 is 10.7 Å². The molecule has 0 saturated carbocycles. The Labute approximate surface area is 186 Å². The molecule has 3 rings (SSSR count). The highest BCUT2D eigenvalue weighted by molar-refractivity contribution is 8.00. The molecule has 1 N–H and O–H groups in total. The van der Waals surface area contributed by atoms with Crippen LogP contribution >= 0.6 is 11.8 Å². The highest BCUT2D eigenvalue weighted by Gasteiger charge is 2.35. The van der Waals surface area contributed by atoms with Gasteiger partial charge in [-0.25, -0.2) is 4.79 Å². The maximum absolute atomic E-state index is 11.4. The van der Waals surface area contributed by atoms with Gasteiger partial charge in [-0.2, -0.15) is 5.26 Å². The molecule has 0 amide bonds. The Kier molecular flexibility index (Phi) is 6.88. The number of methoxy groups -OCH3 is 2. The summed E-state index contributed by atoms with van der Waals surface area (Å²) in [6, 6.07) is 22.6. The number of carbonyl (C=O) groups is 1. The Morgan fingerprint density at radius 1 is 1.03 bits per heavy atom. The third-order valence-electron chi connectivity index (χ3n) is 4.97. The smallest absolute Gasteiger partial charge is 0.335 e. The molecule has 1 atom stereocenters. The Morgan fingerprint density at radius 2 is 1.74 bits per heavy atom. The van der Waals surface area contributed by atoms with Crippen molar-refractivity contribution in [2.24, 2.45) is 0 Å². The Hall–Kier alpha value is -3.43. The van der Waals surface area contributed by atoms with Crippen molar-refractivity contribution in [3.05, 3.63) is 89.0 Å². The number of carboxylic acids is 1. The molecule has 0 saturated heterocycles. The van der Waals surface area contributed by atoms with E-state index in [0.29, 0.717) is 17.9 Å². The van der Waals surface area contributed by atoms with Crippen molar-refractivity contribution in [1.29, 1.82) is 5.26 Å². The molecule has 0 aliphatic rings. The number of rotatable bonds is 8. The van der Waals surface area contributed by atoms with E-state index in [1.165, 1.54) is 11.8 Å². The first-order valence-electron chi connectivity index (χ1n) is 9.62. The summed E-state index contributed by atoms with van der Waals surface area (Å²) in [6.45, 7) is 2.01. The molecule has 3 aromatic rings. The predicted octanol–water partition coefficient (Wildman–Crippen LogP) is 5.46. The molecule has 6 heteroatoms. The zero-order valence-corrected chi connectivity index (χ0v) is 18.4. The number of thioether (sulfide) groups is 1. The lowest BCUT2D eigenvalue weighted by atomic mass is 9.91. The van der Waals surface area contributed by atoms with E-state index in [0.717, 1.165) is 21.6 Å². The van der Waals surface area contributed by atoms with E-state index >= 15 is 0 Å². The largest absolute Gasteiger partial charge is 0.493 e. The van der Waals surface area contributed by atoms with E-state index in [-0.39, 0.29) is 5.56 Å². The molecule has 158 valence electrons. The van der Waals surface area contributed by atoms with Gasteiger partial charge in [-0.05, 0) is 54.4 Å². The number of hydrogen-bond donors (Lipinski definition) is 1. The fraction of sp³-hybridized carbons (Fsp3) is 0.200. The summed E-state index contributed by atoms with van der Waals surface area (Å²) in [4.78, 5) is 12.4. The predicted molar refractivity (Wildman–Crippen MR) is 121 cm³/mol. The number of nitriles is 1. The molecular weight excluding hydrogens is 410 g/mol. The second-order valence-corrected chi connectivity index (χ2v) is 8.48. The van der Waals surface area contributed by atoms with Gasteiger partial charge in [0, 0.05) is 11.3 Å². The van der Waals surface area contributed by atoms with Gasteiger partial charge in [-0.1, -0.05) is 47.7 Å². The topological polar surface area (TPSA) is 79.5 Å². The third kappa shape index (κ3) is 5.01. The van der Waals surface area contributed by atoms with Crippen LogP contribution in [0, 0.1) is 18.3 Å². The number of aryl methyl sites for hydroxylation is 1. The fourth-order valence-electron chi connectivity index (χ4n) is 3.32. The number of carboxylic acid groups (broad SMARTS) is 1. The van der Waals surface area contributed by atoms with Crippen LogP contribution in [-0.2, 0) is 11.2 Å². The maximum Gasteiger partial charge on any atom is 0.335 e. The van der Waals surface area contributed by atoms with Gasteiger partial charge in [-0.3, -0.25) is 0 Å². The Balaban J connectivity index is 2.12. The van der Waals surface area contributed by atoms with Gasteiger partial charge in [-0.15, -0.1) is 0 Å². The summed E-state index contributed by atoms with van der Waals surface area (Å²) in [6.07, 6.45) is 0.318. The molecule has 0 aliphatic carbocycles. The minimum atomic E-state index is -1.01. The van der Waals surface area contributed by atoms with Gasteiger partial charge >= 0.3 is 5.97 Å².